The third-order valence-corrected chi connectivity index (χ3v) is 3.84. The summed E-state index contributed by atoms with van der Waals surface area (Å²) < 4.78 is 0. The van der Waals surface area contributed by atoms with Gasteiger partial charge in [0.25, 0.3) is 0 Å². The monoisotopic (exact) mass is 195 g/mol. The number of hydrogen-bond acceptors (Lipinski definition) is 1. The van der Waals surface area contributed by atoms with Crippen LogP contribution in [0, 0.1) is 11.8 Å². The molecule has 1 aliphatic carbocycles. The molecule has 80 valence electrons. The maximum absolute atomic E-state index is 12.0. The summed E-state index contributed by atoms with van der Waals surface area (Å²) in [4.78, 5) is 14.2. The molecule has 0 spiro atoms. The van der Waals surface area contributed by atoms with Crippen molar-refractivity contribution in [2.24, 2.45) is 11.8 Å². The smallest absolute Gasteiger partial charge is 0.225 e. The molecule has 0 aromatic rings. The van der Waals surface area contributed by atoms with Crippen LogP contribution in [0.4, 0.5) is 0 Å². The van der Waals surface area contributed by atoms with E-state index in [2.05, 4.69) is 11.8 Å². The van der Waals surface area contributed by atoms with E-state index in [1.165, 1.54) is 25.7 Å². The van der Waals surface area contributed by atoms with Crippen molar-refractivity contribution in [2.45, 2.75) is 58.5 Å². The van der Waals surface area contributed by atoms with Gasteiger partial charge in [0, 0.05) is 18.0 Å². The Labute approximate surface area is 86.7 Å². The molecule has 1 saturated heterocycles. The van der Waals surface area contributed by atoms with Crippen molar-refractivity contribution >= 4 is 5.91 Å². The molecule has 2 nitrogen and oxygen atoms in total. The van der Waals surface area contributed by atoms with Crippen LogP contribution >= 0.6 is 0 Å². The highest BCUT2D eigenvalue weighted by Crippen LogP contribution is 2.41. The minimum atomic E-state index is 0.164. The minimum absolute atomic E-state index is 0.164. The predicted molar refractivity (Wildman–Crippen MR) is 56.9 cm³/mol. The van der Waals surface area contributed by atoms with Crippen molar-refractivity contribution in [1.82, 2.24) is 4.90 Å². The van der Waals surface area contributed by atoms with E-state index in [0.717, 1.165) is 5.92 Å². The molecule has 14 heavy (non-hydrogen) atoms. The first-order valence-electron chi connectivity index (χ1n) is 5.93. The Morgan fingerprint density at radius 3 is 2.71 bits per heavy atom. The molecule has 1 saturated carbocycles. The molecule has 0 bridgehead atoms. The first kappa shape index (κ1) is 10.0. The summed E-state index contributed by atoms with van der Waals surface area (Å²) in [5, 5.41) is 0. The maximum Gasteiger partial charge on any atom is 0.225 e. The van der Waals surface area contributed by atoms with Gasteiger partial charge in [0.1, 0.15) is 0 Å². The van der Waals surface area contributed by atoms with Crippen LogP contribution in [0.3, 0.4) is 0 Å². The van der Waals surface area contributed by atoms with E-state index in [0.29, 0.717) is 18.0 Å². The molecular formula is C12H21NO. The number of carbonyl (C=O) groups excluding carboxylic acids is 1. The minimum Gasteiger partial charge on any atom is -0.337 e. The lowest BCUT2D eigenvalue weighted by Gasteiger charge is -2.29. The van der Waals surface area contributed by atoms with E-state index in [9.17, 15) is 4.79 Å². The predicted octanol–water partition coefficient (Wildman–Crippen LogP) is 2.43. The van der Waals surface area contributed by atoms with E-state index in [1.54, 1.807) is 0 Å². The molecule has 2 aliphatic rings. The molecular weight excluding hydrogens is 174 g/mol. The fraction of sp³-hybridized carbons (Fsp3) is 0.917. The van der Waals surface area contributed by atoms with Gasteiger partial charge in [0.15, 0.2) is 0 Å². The van der Waals surface area contributed by atoms with Crippen molar-refractivity contribution in [3.63, 3.8) is 0 Å². The van der Waals surface area contributed by atoms with Gasteiger partial charge in [0.05, 0.1) is 0 Å². The first-order chi connectivity index (χ1) is 6.61. The van der Waals surface area contributed by atoms with Crippen LogP contribution in [-0.2, 0) is 4.79 Å². The number of rotatable bonds is 1. The van der Waals surface area contributed by atoms with E-state index in [1.807, 2.05) is 13.8 Å². The molecule has 1 amide bonds. The van der Waals surface area contributed by atoms with Crippen LogP contribution < -0.4 is 0 Å². The molecule has 2 heteroatoms. The molecule has 1 heterocycles. The highest BCUT2D eigenvalue weighted by molar-refractivity contribution is 5.79. The number of likely N-dealkylation sites (tertiary alicyclic amines) is 1. The highest BCUT2D eigenvalue weighted by atomic mass is 16.2. The number of fused-ring (bicyclic) bond motifs is 1. The van der Waals surface area contributed by atoms with Crippen molar-refractivity contribution in [2.75, 3.05) is 0 Å². The van der Waals surface area contributed by atoms with Crippen LogP contribution in [0.25, 0.3) is 0 Å². The van der Waals surface area contributed by atoms with E-state index >= 15 is 0 Å². The van der Waals surface area contributed by atoms with Crippen LogP contribution in [0.2, 0.25) is 0 Å². The number of nitrogens with zero attached hydrogens (tertiary/aromatic N) is 1. The summed E-state index contributed by atoms with van der Waals surface area (Å²) in [7, 11) is 0. The van der Waals surface area contributed by atoms with Gasteiger partial charge in [-0.3, -0.25) is 4.79 Å². The van der Waals surface area contributed by atoms with Gasteiger partial charge in [-0.25, -0.2) is 0 Å². The van der Waals surface area contributed by atoms with Crippen molar-refractivity contribution in [3.8, 4) is 0 Å². The Hall–Kier alpha value is -0.530. The van der Waals surface area contributed by atoms with E-state index < -0.39 is 0 Å². The van der Waals surface area contributed by atoms with E-state index in [-0.39, 0.29) is 5.92 Å². The van der Waals surface area contributed by atoms with E-state index in [4.69, 9.17) is 0 Å². The Bertz CT molecular complexity index is 236. The topological polar surface area (TPSA) is 20.3 Å². The zero-order valence-corrected chi connectivity index (χ0v) is 9.49. The quantitative estimate of drug-likeness (QED) is 0.629. The lowest BCUT2D eigenvalue weighted by atomic mass is 10.0. The van der Waals surface area contributed by atoms with Gasteiger partial charge in [-0.05, 0) is 32.1 Å². The summed E-state index contributed by atoms with van der Waals surface area (Å²) >= 11 is 0. The second-order valence-electron chi connectivity index (χ2n) is 5.24. The lowest BCUT2D eigenvalue weighted by Crippen LogP contribution is -2.42. The number of carbonyl (C=O) groups is 1. The fourth-order valence-electron chi connectivity index (χ4n) is 3.22. The first-order valence-corrected chi connectivity index (χ1v) is 5.93. The van der Waals surface area contributed by atoms with Crippen LogP contribution in [-0.4, -0.2) is 22.9 Å². The molecule has 2 rings (SSSR count). The fourth-order valence-corrected chi connectivity index (χ4v) is 3.22. The molecule has 0 radical (unpaired) electrons. The van der Waals surface area contributed by atoms with Gasteiger partial charge in [0.2, 0.25) is 5.91 Å². The molecule has 0 N–H and O–H groups in total. The lowest BCUT2D eigenvalue weighted by molar-refractivity contribution is -0.137. The molecule has 0 aromatic heterocycles. The summed E-state index contributed by atoms with van der Waals surface area (Å²) in [5.74, 6) is 1.34. The molecule has 3 unspecified atom stereocenters. The van der Waals surface area contributed by atoms with Gasteiger partial charge >= 0.3 is 0 Å². The normalized spacial score (nSPS) is 36.6. The van der Waals surface area contributed by atoms with Crippen LogP contribution in [0.5, 0.6) is 0 Å². The summed E-state index contributed by atoms with van der Waals surface area (Å²) in [5.41, 5.74) is 0. The average molecular weight is 195 g/mol. The second kappa shape index (κ2) is 3.56. The summed E-state index contributed by atoms with van der Waals surface area (Å²) in [6, 6.07) is 1.07. The molecule has 3 atom stereocenters. The molecule has 2 fully saturated rings. The summed E-state index contributed by atoms with van der Waals surface area (Å²) in [6.45, 7) is 6.23. The third-order valence-electron chi connectivity index (χ3n) is 3.84. The van der Waals surface area contributed by atoms with Crippen LogP contribution in [0.15, 0.2) is 0 Å². The van der Waals surface area contributed by atoms with Gasteiger partial charge in [-0.2, -0.15) is 0 Å². The number of hydrogen-bond donors (Lipinski definition) is 0. The van der Waals surface area contributed by atoms with Crippen molar-refractivity contribution in [1.29, 1.82) is 0 Å². The zero-order valence-electron chi connectivity index (χ0n) is 9.49. The summed E-state index contributed by atoms with van der Waals surface area (Å²) in [6.07, 6.45) is 5.15. The standard InChI is InChI=1S/C12H21NO/c1-8(2)12(14)13-9(3)7-10-5-4-6-11(10)13/h8-11H,4-7H2,1-3H3. The Balaban J connectivity index is 2.13. The Morgan fingerprint density at radius 1 is 1.36 bits per heavy atom. The highest BCUT2D eigenvalue weighted by Gasteiger charge is 2.44. The SMILES string of the molecule is CC(C)C(=O)N1C(C)CC2CCCC21. The Kier molecular flexibility index (Phi) is 2.54. The Morgan fingerprint density at radius 2 is 2.07 bits per heavy atom. The van der Waals surface area contributed by atoms with Crippen LogP contribution in [0.1, 0.15) is 46.5 Å². The largest absolute Gasteiger partial charge is 0.337 e. The maximum atomic E-state index is 12.0. The number of amides is 1. The second-order valence-corrected chi connectivity index (χ2v) is 5.24. The molecule has 0 aromatic carbocycles. The zero-order chi connectivity index (χ0) is 10.3. The van der Waals surface area contributed by atoms with Gasteiger partial charge in [-0.1, -0.05) is 20.3 Å². The third kappa shape index (κ3) is 1.45. The van der Waals surface area contributed by atoms with Gasteiger partial charge in [-0.15, -0.1) is 0 Å². The molecule has 1 aliphatic heterocycles. The van der Waals surface area contributed by atoms with Crippen molar-refractivity contribution in [3.05, 3.63) is 0 Å². The van der Waals surface area contributed by atoms with Crippen molar-refractivity contribution < 1.29 is 4.79 Å². The average Bonchev–Trinajstić information content (AvgIpc) is 2.62. The van der Waals surface area contributed by atoms with Gasteiger partial charge < -0.3 is 4.90 Å².